The van der Waals surface area contributed by atoms with Crippen molar-refractivity contribution in [2.75, 3.05) is 7.11 Å². The third kappa shape index (κ3) is 5.00. The van der Waals surface area contributed by atoms with E-state index in [1.807, 2.05) is 0 Å². The van der Waals surface area contributed by atoms with Crippen LogP contribution in [0.2, 0.25) is 0 Å². The van der Waals surface area contributed by atoms with Crippen LogP contribution >= 0.6 is 0 Å². The smallest absolute Gasteiger partial charge is 0.305 e. The van der Waals surface area contributed by atoms with Crippen LogP contribution in [0.1, 0.15) is 42.9 Å². The molecule has 1 unspecified atom stereocenters. The molecule has 0 saturated heterocycles. The van der Waals surface area contributed by atoms with Gasteiger partial charge >= 0.3 is 5.97 Å². The first kappa shape index (κ1) is 13.7. The Labute approximate surface area is 103 Å². The van der Waals surface area contributed by atoms with Gasteiger partial charge in [-0.05, 0) is 25.3 Å². The lowest BCUT2D eigenvalue weighted by atomic mass is 10.0. The normalized spacial score (nSPS) is 12.2. The third-order valence-corrected chi connectivity index (χ3v) is 2.88. The van der Waals surface area contributed by atoms with Gasteiger partial charge < -0.3 is 10.5 Å². The molecule has 1 atom stereocenters. The van der Waals surface area contributed by atoms with E-state index in [1.165, 1.54) is 12.7 Å². The van der Waals surface area contributed by atoms with Gasteiger partial charge in [0.25, 0.3) is 0 Å². The van der Waals surface area contributed by atoms with E-state index in [2.05, 4.69) is 35.9 Å². The first-order chi connectivity index (χ1) is 8.13. The minimum absolute atomic E-state index is 0.0632. The van der Waals surface area contributed by atoms with Crippen LogP contribution in [0, 0.1) is 6.92 Å². The van der Waals surface area contributed by atoms with Crippen LogP contribution in [0.4, 0.5) is 0 Å². The highest BCUT2D eigenvalue weighted by atomic mass is 16.5. The average molecular weight is 235 g/mol. The summed E-state index contributed by atoms with van der Waals surface area (Å²) in [5.74, 6) is -0.145. The number of aryl methyl sites for hydroxylation is 1. The van der Waals surface area contributed by atoms with E-state index >= 15 is 0 Å². The van der Waals surface area contributed by atoms with E-state index in [4.69, 9.17) is 5.73 Å². The number of hydrogen-bond acceptors (Lipinski definition) is 3. The molecule has 2 N–H and O–H groups in total. The Kier molecular flexibility index (Phi) is 5.70. The van der Waals surface area contributed by atoms with Gasteiger partial charge in [-0.1, -0.05) is 36.2 Å². The molecule has 0 aromatic heterocycles. The Hall–Kier alpha value is -1.35. The first-order valence-corrected chi connectivity index (χ1v) is 6.02. The maximum atomic E-state index is 10.9. The highest BCUT2D eigenvalue weighted by Crippen LogP contribution is 2.17. The second-order valence-corrected chi connectivity index (χ2v) is 4.34. The topological polar surface area (TPSA) is 52.3 Å². The molecule has 0 saturated carbocycles. The fraction of sp³-hybridized carbons (Fsp3) is 0.500. The van der Waals surface area contributed by atoms with Crippen molar-refractivity contribution in [3.8, 4) is 0 Å². The molecule has 0 radical (unpaired) electrons. The molecule has 3 nitrogen and oxygen atoms in total. The van der Waals surface area contributed by atoms with Crippen molar-refractivity contribution in [2.24, 2.45) is 5.73 Å². The van der Waals surface area contributed by atoms with Crippen molar-refractivity contribution in [3.63, 3.8) is 0 Å². The second-order valence-electron chi connectivity index (χ2n) is 4.34. The standard InChI is InChI=1S/C14H21NO2/c1-11-7-9-12(10-8-11)13(15)5-3-4-6-14(16)17-2/h7-10,13H,3-6,15H2,1-2H3. The van der Waals surface area contributed by atoms with Crippen molar-refractivity contribution >= 4 is 5.97 Å². The minimum Gasteiger partial charge on any atom is -0.469 e. The largest absolute Gasteiger partial charge is 0.469 e. The molecular formula is C14H21NO2. The van der Waals surface area contributed by atoms with Crippen molar-refractivity contribution in [1.29, 1.82) is 0 Å². The van der Waals surface area contributed by atoms with Crippen LogP contribution in [0.25, 0.3) is 0 Å². The van der Waals surface area contributed by atoms with E-state index in [1.54, 1.807) is 0 Å². The quantitative estimate of drug-likeness (QED) is 0.609. The van der Waals surface area contributed by atoms with Crippen LogP contribution < -0.4 is 5.73 Å². The summed E-state index contributed by atoms with van der Waals surface area (Å²) in [7, 11) is 1.42. The Morgan fingerprint density at radius 2 is 1.94 bits per heavy atom. The number of benzene rings is 1. The van der Waals surface area contributed by atoms with Crippen molar-refractivity contribution in [2.45, 2.75) is 38.6 Å². The molecule has 0 bridgehead atoms. The summed E-state index contributed by atoms with van der Waals surface area (Å²) in [5, 5.41) is 0. The van der Waals surface area contributed by atoms with E-state index in [0.717, 1.165) is 24.8 Å². The number of nitrogens with two attached hydrogens (primary N) is 1. The van der Waals surface area contributed by atoms with Gasteiger partial charge in [0.1, 0.15) is 0 Å². The molecule has 1 rings (SSSR count). The lowest BCUT2D eigenvalue weighted by Crippen LogP contribution is -2.10. The van der Waals surface area contributed by atoms with Crippen LogP contribution in [0.5, 0.6) is 0 Å². The lowest BCUT2D eigenvalue weighted by Gasteiger charge is -2.11. The molecule has 0 fully saturated rings. The van der Waals surface area contributed by atoms with Gasteiger partial charge in [-0.3, -0.25) is 4.79 Å². The summed E-state index contributed by atoms with van der Waals surface area (Å²) >= 11 is 0. The number of ether oxygens (including phenoxy) is 1. The van der Waals surface area contributed by atoms with Crippen molar-refractivity contribution in [3.05, 3.63) is 35.4 Å². The molecule has 1 aromatic rings. The highest BCUT2D eigenvalue weighted by molar-refractivity contribution is 5.68. The Morgan fingerprint density at radius 1 is 1.29 bits per heavy atom. The number of unbranched alkanes of at least 4 members (excludes halogenated alkanes) is 1. The number of carbonyl (C=O) groups is 1. The minimum atomic E-state index is -0.145. The summed E-state index contributed by atoms with van der Waals surface area (Å²) < 4.78 is 4.58. The van der Waals surface area contributed by atoms with Gasteiger partial charge in [-0.2, -0.15) is 0 Å². The molecular weight excluding hydrogens is 214 g/mol. The molecule has 0 aliphatic rings. The molecule has 94 valence electrons. The SMILES string of the molecule is COC(=O)CCCCC(N)c1ccc(C)cc1. The van der Waals surface area contributed by atoms with Crippen LogP contribution in [-0.2, 0) is 9.53 Å². The Balaban J connectivity index is 2.27. The average Bonchev–Trinajstić information content (AvgIpc) is 2.34. The number of esters is 1. The van der Waals surface area contributed by atoms with Crippen LogP contribution in [-0.4, -0.2) is 13.1 Å². The van der Waals surface area contributed by atoms with Crippen molar-refractivity contribution < 1.29 is 9.53 Å². The Bertz CT molecular complexity index is 346. The van der Waals surface area contributed by atoms with Crippen LogP contribution in [0.15, 0.2) is 24.3 Å². The van der Waals surface area contributed by atoms with E-state index in [9.17, 15) is 4.79 Å². The predicted molar refractivity (Wildman–Crippen MR) is 68.6 cm³/mol. The zero-order valence-corrected chi connectivity index (χ0v) is 10.6. The number of rotatable bonds is 6. The summed E-state index contributed by atoms with van der Waals surface area (Å²) in [6.07, 6.45) is 3.17. The molecule has 0 aliphatic heterocycles. The van der Waals surface area contributed by atoms with Crippen molar-refractivity contribution in [1.82, 2.24) is 0 Å². The summed E-state index contributed by atoms with van der Waals surface area (Å²) in [4.78, 5) is 10.9. The molecule has 3 heteroatoms. The monoisotopic (exact) mass is 235 g/mol. The van der Waals surface area contributed by atoms with E-state index < -0.39 is 0 Å². The zero-order chi connectivity index (χ0) is 12.7. The maximum absolute atomic E-state index is 10.9. The van der Waals surface area contributed by atoms with Gasteiger partial charge in [-0.25, -0.2) is 0 Å². The number of carbonyl (C=O) groups excluding carboxylic acids is 1. The zero-order valence-electron chi connectivity index (χ0n) is 10.6. The lowest BCUT2D eigenvalue weighted by molar-refractivity contribution is -0.140. The van der Waals surface area contributed by atoms with Gasteiger partial charge in [-0.15, -0.1) is 0 Å². The maximum Gasteiger partial charge on any atom is 0.305 e. The molecule has 1 aromatic carbocycles. The first-order valence-electron chi connectivity index (χ1n) is 6.02. The van der Waals surface area contributed by atoms with Gasteiger partial charge in [0.2, 0.25) is 0 Å². The van der Waals surface area contributed by atoms with Gasteiger partial charge in [0, 0.05) is 12.5 Å². The second kappa shape index (κ2) is 7.07. The predicted octanol–water partition coefficient (Wildman–Crippen LogP) is 2.73. The van der Waals surface area contributed by atoms with E-state index in [0.29, 0.717) is 6.42 Å². The summed E-state index contributed by atoms with van der Waals surface area (Å²) in [5.41, 5.74) is 8.48. The number of methoxy groups -OCH3 is 1. The van der Waals surface area contributed by atoms with E-state index in [-0.39, 0.29) is 12.0 Å². The third-order valence-electron chi connectivity index (χ3n) is 2.88. The summed E-state index contributed by atoms with van der Waals surface area (Å²) in [6, 6.07) is 8.35. The van der Waals surface area contributed by atoms with Gasteiger partial charge in [0.15, 0.2) is 0 Å². The molecule has 0 heterocycles. The van der Waals surface area contributed by atoms with Crippen LogP contribution in [0.3, 0.4) is 0 Å². The molecule has 17 heavy (non-hydrogen) atoms. The summed E-state index contributed by atoms with van der Waals surface area (Å²) in [6.45, 7) is 2.06. The fourth-order valence-electron chi connectivity index (χ4n) is 1.72. The van der Waals surface area contributed by atoms with Gasteiger partial charge in [0.05, 0.1) is 7.11 Å². The highest BCUT2D eigenvalue weighted by Gasteiger charge is 2.06. The number of hydrogen-bond donors (Lipinski definition) is 1. The molecule has 0 spiro atoms. The molecule has 0 amide bonds. The Morgan fingerprint density at radius 3 is 2.53 bits per heavy atom. The molecule has 0 aliphatic carbocycles. The fourth-order valence-corrected chi connectivity index (χ4v) is 1.72.